The maximum absolute atomic E-state index is 2.55. The van der Waals surface area contributed by atoms with Gasteiger partial charge in [0.25, 0.3) is 0 Å². The molecule has 9 rings (SSSR count). The molecule has 0 N–H and O–H groups in total. The third kappa shape index (κ3) is 6.00. The Balaban J connectivity index is 1.08. The van der Waals surface area contributed by atoms with Crippen LogP contribution in [0.3, 0.4) is 0 Å². The Bertz CT molecular complexity index is 2270. The summed E-state index contributed by atoms with van der Waals surface area (Å²) in [7, 11) is 0. The molecule has 3 aliphatic rings. The first-order chi connectivity index (χ1) is 24.3. The van der Waals surface area contributed by atoms with Crippen molar-refractivity contribution in [2.75, 3.05) is 4.90 Å². The lowest BCUT2D eigenvalue weighted by Crippen LogP contribution is -2.19. The van der Waals surface area contributed by atoms with Crippen molar-refractivity contribution < 1.29 is 0 Å². The van der Waals surface area contributed by atoms with Crippen molar-refractivity contribution in [3.8, 4) is 20.9 Å². The molecule has 0 radical (unpaired) electrons. The van der Waals surface area contributed by atoms with E-state index in [9.17, 15) is 0 Å². The van der Waals surface area contributed by atoms with Crippen molar-refractivity contribution in [2.24, 2.45) is 5.92 Å². The van der Waals surface area contributed by atoms with E-state index in [4.69, 9.17) is 0 Å². The van der Waals surface area contributed by atoms with Crippen LogP contribution < -0.4 is 4.90 Å². The van der Waals surface area contributed by atoms with Crippen LogP contribution in [0.15, 0.2) is 168 Å². The second-order valence-electron chi connectivity index (χ2n) is 13.4. The Morgan fingerprint density at radius 1 is 0.612 bits per heavy atom. The van der Waals surface area contributed by atoms with E-state index in [1.54, 1.807) is 10.5 Å². The fraction of sp³-hybridized carbons (Fsp3) is 0.174. The molecule has 49 heavy (non-hydrogen) atoms. The second-order valence-corrected chi connectivity index (χ2v) is 15.8. The van der Waals surface area contributed by atoms with Crippen LogP contribution in [0.2, 0.25) is 0 Å². The SMILES string of the molecule is C1=CCC(C2=CCC(C3=CC=C(N(c4ccc(-c5ccc(-c6ccccc6)s5)cc4)c4cc5ccccc5c5ccccc45)CC3)S2)CC1. The first kappa shape index (κ1) is 30.5. The monoisotopic (exact) mass is 669 g/mol. The third-order valence-corrected chi connectivity index (χ3v) is 13.1. The molecule has 6 aromatic rings. The van der Waals surface area contributed by atoms with E-state index in [2.05, 4.69) is 168 Å². The van der Waals surface area contributed by atoms with E-state index in [1.807, 2.05) is 11.3 Å². The first-order valence-corrected chi connectivity index (χ1v) is 19.4. The lowest BCUT2D eigenvalue weighted by Gasteiger charge is -2.32. The smallest absolute Gasteiger partial charge is 0.0543 e. The van der Waals surface area contributed by atoms with Crippen LogP contribution in [0.5, 0.6) is 0 Å². The fourth-order valence-electron chi connectivity index (χ4n) is 7.83. The van der Waals surface area contributed by atoms with E-state index >= 15 is 0 Å². The zero-order valence-electron chi connectivity index (χ0n) is 27.6. The van der Waals surface area contributed by atoms with Gasteiger partial charge in [0.15, 0.2) is 0 Å². The van der Waals surface area contributed by atoms with Gasteiger partial charge in [0.1, 0.15) is 0 Å². The highest BCUT2D eigenvalue weighted by molar-refractivity contribution is 8.04. The minimum atomic E-state index is 0.583. The highest BCUT2D eigenvalue weighted by Crippen LogP contribution is 2.47. The maximum atomic E-state index is 2.55. The van der Waals surface area contributed by atoms with Gasteiger partial charge >= 0.3 is 0 Å². The summed E-state index contributed by atoms with van der Waals surface area (Å²) in [6.07, 6.45) is 19.2. The molecule has 2 heterocycles. The number of anilines is 2. The molecule has 240 valence electrons. The Morgan fingerprint density at radius 2 is 1.35 bits per heavy atom. The summed E-state index contributed by atoms with van der Waals surface area (Å²) in [4.78, 5) is 6.77. The number of rotatable bonds is 7. The number of hydrogen-bond donors (Lipinski definition) is 0. The standard InChI is InChI=1S/C46H39NS2/c1-3-11-32(12-4-1)43-27-29-45(48-43)34-19-23-37(24-20-34)47(42-31-36-15-7-8-16-39(36)40-17-9-10-18-41(40)42)38-25-21-35(22-26-38)46-30-28-44(49-46)33-13-5-2-6-14-33/h1-5,7-12,15-21,23-25,27-29,31,33,46H,6,13-14,22,26,30H2. The summed E-state index contributed by atoms with van der Waals surface area (Å²) in [6, 6.07) is 44.6. The minimum absolute atomic E-state index is 0.583. The summed E-state index contributed by atoms with van der Waals surface area (Å²) in [5.74, 6) is 0.731. The summed E-state index contributed by atoms with van der Waals surface area (Å²) in [6.45, 7) is 0. The number of allylic oxidation sites excluding steroid dienone is 7. The van der Waals surface area contributed by atoms with Crippen LogP contribution in [-0.4, -0.2) is 5.25 Å². The zero-order chi connectivity index (χ0) is 32.6. The topological polar surface area (TPSA) is 3.24 Å². The van der Waals surface area contributed by atoms with E-state index < -0.39 is 0 Å². The van der Waals surface area contributed by atoms with Crippen molar-refractivity contribution >= 4 is 56.0 Å². The Morgan fingerprint density at radius 3 is 2.10 bits per heavy atom. The summed E-state index contributed by atoms with van der Waals surface area (Å²) in [5, 5.41) is 5.75. The van der Waals surface area contributed by atoms with Gasteiger partial charge in [-0.15, -0.1) is 23.1 Å². The van der Waals surface area contributed by atoms with Crippen molar-refractivity contribution in [3.63, 3.8) is 0 Å². The second kappa shape index (κ2) is 13.4. The van der Waals surface area contributed by atoms with Crippen LogP contribution >= 0.6 is 23.1 Å². The van der Waals surface area contributed by atoms with Gasteiger partial charge in [-0.2, -0.15) is 0 Å². The van der Waals surface area contributed by atoms with Gasteiger partial charge in [0, 0.05) is 31.8 Å². The largest absolute Gasteiger partial charge is 0.314 e. The van der Waals surface area contributed by atoms with Gasteiger partial charge in [-0.25, -0.2) is 0 Å². The van der Waals surface area contributed by atoms with E-state index in [0.29, 0.717) is 5.25 Å². The molecule has 0 saturated heterocycles. The van der Waals surface area contributed by atoms with Gasteiger partial charge in [0.2, 0.25) is 0 Å². The molecule has 1 nitrogen and oxygen atoms in total. The highest BCUT2D eigenvalue weighted by atomic mass is 32.2. The molecule has 2 aliphatic carbocycles. The number of nitrogens with zero attached hydrogens (tertiary/aromatic N) is 1. The lowest BCUT2D eigenvalue weighted by molar-refractivity contribution is 0.576. The maximum Gasteiger partial charge on any atom is 0.0543 e. The molecular formula is C46H39NS2. The van der Waals surface area contributed by atoms with Gasteiger partial charge in [0.05, 0.1) is 5.69 Å². The third-order valence-electron chi connectivity index (χ3n) is 10.4. The minimum Gasteiger partial charge on any atom is -0.314 e. The van der Waals surface area contributed by atoms with Crippen molar-refractivity contribution in [1.82, 2.24) is 0 Å². The molecule has 0 bridgehead atoms. The molecule has 0 amide bonds. The average Bonchev–Trinajstić information content (AvgIpc) is 3.88. The van der Waals surface area contributed by atoms with Gasteiger partial charge in [-0.05, 0) is 113 Å². The Kier molecular flexibility index (Phi) is 8.33. The molecule has 0 spiro atoms. The molecular weight excluding hydrogens is 631 g/mol. The molecule has 0 fully saturated rings. The number of benzene rings is 5. The normalized spacial score (nSPS) is 19.1. The highest BCUT2D eigenvalue weighted by Gasteiger charge is 2.28. The van der Waals surface area contributed by atoms with Crippen molar-refractivity contribution in [3.05, 3.63) is 168 Å². The van der Waals surface area contributed by atoms with Gasteiger partial charge < -0.3 is 4.90 Å². The predicted molar refractivity (Wildman–Crippen MR) is 215 cm³/mol. The molecule has 1 aliphatic heterocycles. The van der Waals surface area contributed by atoms with E-state index in [0.717, 1.165) is 18.8 Å². The number of thiophene rings is 1. The molecule has 1 aromatic heterocycles. The van der Waals surface area contributed by atoms with Crippen LogP contribution in [-0.2, 0) is 0 Å². The predicted octanol–water partition coefficient (Wildman–Crippen LogP) is 13.9. The first-order valence-electron chi connectivity index (χ1n) is 17.7. The van der Waals surface area contributed by atoms with Crippen molar-refractivity contribution in [1.29, 1.82) is 0 Å². The van der Waals surface area contributed by atoms with Crippen LogP contribution in [0.25, 0.3) is 42.4 Å². The Labute approximate surface area is 298 Å². The molecule has 3 heteroatoms. The zero-order valence-corrected chi connectivity index (χ0v) is 29.2. The molecule has 0 saturated carbocycles. The fourth-order valence-corrected chi connectivity index (χ4v) is 10.3. The summed E-state index contributed by atoms with van der Waals surface area (Å²) < 4.78 is 0. The quantitative estimate of drug-likeness (QED) is 0.123. The Hall–Kier alpha value is -4.57. The number of hydrogen-bond acceptors (Lipinski definition) is 3. The van der Waals surface area contributed by atoms with Crippen LogP contribution in [0.4, 0.5) is 11.4 Å². The molecule has 2 atom stereocenters. The van der Waals surface area contributed by atoms with Crippen molar-refractivity contribution in [2.45, 2.75) is 43.8 Å². The van der Waals surface area contributed by atoms with E-state index in [-0.39, 0.29) is 0 Å². The molecule has 2 unspecified atom stereocenters. The van der Waals surface area contributed by atoms with Crippen LogP contribution in [0.1, 0.15) is 38.5 Å². The molecule has 5 aromatic carbocycles. The average molecular weight is 670 g/mol. The lowest BCUT2D eigenvalue weighted by atomic mass is 9.93. The number of thioether (sulfide) groups is 1. The van der Waals surface area contributed by atoms with Gasteiger partial charge in [-0.3, -0.25) is 0 Å². The summed E-state index contributed by atoms with van der Waals surface area (Å²) >= 11 is 4.01. The van der Waals surface area contributed by atoms with Crippen LogP contribution in [0, 0.1) is 5.92 Å². The van der Waals surface area contributed by atoms with E-state index in [1.165, 1.54) is 85.2 Å². The summed E-state index contributed by atoms with van der Waals surface area (Å²) in [5.41, 5.74) is 7.93. The van der Waals surface area contributed by atoms with Gasteiger partial charge in [-0.1, -0.05) is 121 Å². The number of fused-ring (bicyclic) bond motifs is 3.